The van der Waals surface area contributed by atoms with Crippen molar-refractivity contribution in [3.63, 3.8) is 0 Å². The summed E-state index contributed by atoms with van der Waals surface area (Å²) in [5.41, 5.74) is -2.53. The number of nitrogens with zero attached hydrogens (tertiary/aromatic N) is 1. The van der Waals surface area contributed by atoms with Gasteiger partial charge < -0.3 is 15.2 Å². The molecule has 1 heterocycles. The largest absolute Gasteiger partial charge is 0.444 e. The quantitative estimate of drug-likeness (QED) is 0.595. The number of carbonyl (C=O) groups is 2. The summed E-state index contributed by atoms with van der Waals surface area (Å²) < 4.78 is 46.7. The van der Waals surface area contributed by atoms with Crippen molar-refractivity contribution in [2.45, 2.75) is 51.0 Å². The number of likely N-dealkylation sites (tertiary alicyclic amines) is 1. The first-order chi connectivity index (χ1) is 14.1. The molecule has 2 atom stereocenters. The Morgan fingerprint density at radius 3 is 2.61 bits per heavy atom. The summed E-state index contributed by atoms with van der Waals surface area (Å²) in [5, 5.41) is 13.2. The molecule has 1 aliphatic rings. The number of carbonyl (C=O) groups excluding carboxylic acids is 2. The lowest BCUT2D eigenvalue weighted by Gasteiger charge is -2.28. The summed E-state index contributed by atoms with van der Waals surface area (Å²) in [5.74, 6) is -1.36. The molecule has 1 aromatic rings. The minimum Gasteiger partial charge on any atom is -0.444 e. The second-order valence-electron chi connectivity index (χ2n) is 8.45. The van der Waals surface area contributed by atoms with Gasteiger partial charge in [0.15, 0.2) is 0 Å². The van der Waals surface area contributed by atoms with E-state index in [9.17, 15) is 27.5 Å². The standard InChI is InChI=1S/C19H26ClFN2O7S/c1-18(2,3)30-17(25)23-10-19(26,11-29-31(4,27)28)8-14(23)16(24)22-9-12-6-5-7-13(20)15(12)21/h5-7,14,26H,8-11H2,1-4H3,(H,22,24)/t14-,19+/m0/s1. The van der Waals surface area contributed by atoms with E-state index in [1.54, 1.807) is 20.8 Å². The predicted octanol–water partition coefficient (Wildman–Crippen LogP) is 1.81. The highest BCUT2D eigenvalue weighted by Gasteiger charge is 2.49. The van der Waals surface area contributed by atoms with E-state index in [4.69, 9.17) is 16.3 Å². The van der Waals surface area contributed by atoms with Crippen molar-refractivity contribution in [1.29, 1.82) is 0 Å². The maximum absolute atomic E-state index is 14.1. The molecule has 2 rings (SSSR count). The monoisotopic (exact) mass is 480 g/mol. The van der Waals surface area contributed by atoms with Crippen LogP contribution in [0.5, 0.6) is 0 Å². The molecule has 0 unspecified atom stereocenters. The Morgan fingerprint density at radius 1 is 1.39 bits per heavy atom. The highest BCUT2D eigenvalue weighted by atomic mass is 35.5. The van der Waals surface area contributed by atoms with E-state index in [0.717, 1.165) is 11.2 Å². The molecule has 0 spiro atoms. The molecule has 2 amide bonds. The number of halogens is 2. The Balaban J connectivity index is 2.19. The fourth-order valence-corrected chi connectivity index (χ4v) is 3.64. The van der Waals surface area contributed by atoms with Crippen molar-refractivity contribution in [1.82, 2.24) is 10.2 Å². The Morgan fingerprint density at radius 2 is 2.03 bits per heavy atom. The van der Waals surface area contributed by atoms with Crippen LogP contribution in [0, 0.1) is 5.82 Å². The molecule has 12 heteroatoms. The fraction of sp³-hybridized carbons (Fsp3) is 0.579. The van der Waals surface area contributed by atoms with E-state index >= 15 is 0 Å². The summed E-state index contributed by atoms with van der Waals surface area (Å²) in [6, 6.07) is 3.14. The van der Waals surface area contributed by atoms with E-state index in [2.05, 4.69) is 9.50 Å². The molecule has 174 valence electrons. The second-order valence-corrected chi connectivity index (χ2v) is 10.5. The molecule has 1 saturated heterocycles. The zero-order valence-corrected chi connectivity index (χ0v) is 19.2. The zero-order chi connectivity index (χ0) is 23.6. The third-order valence-electron chi connectivity index (χ3n) is 4.37. The SMILES string of the molecule is CC(C)(C)OC(=O)N1C[C@@](O)(COS(C)(=O)=O)C[C@H]1C(=O)NCc1cccc(Cl)c1F. The molecule has 0 saturated carbocycles. The average molecular weight is 481 g/mol. The van der Waals surface area contributed by atoms with Gasteiger partial charge in [-0.1, -0.05) is 23.7 Å². The highest BCUT2D eigenvalue weighted by Crippen LogP contribution is 2.30. The summed E-state index contributed by atoms with van der Waals surface area (Å²) in [4.78, 5) is 26.4. The Labute approximate surface area is 185 Å². The molecule has 1 aromatic carbocycles. The zero-order valence-electron chi connectivity index (χ0n) is 17.6. The molecular formula is C19H26ClFN2O7S. The minimum atomic E-state index is -3.86. The van der Waals surface area contributed by atoms with Crippen LogP contribution in [0.25, 0.3) is 0 Å². The number of nitrogens with one attached hydrogen (secondary N) is 1. The normalized spacial score (nSPS) is 21.8. The van der Waals surface area contributed by atoms with Gasteiger partial charge in [0.1, 0.15) is 23.1 Å². The molecule has 1 aliphatic heterocycles. The number of rotatable bonds is 6. The van der Waals surface area contributed by atoms with Gasteiger partial charge in [0.2, 0.25) is 5.91 Å². The second kappa shape index (κ2) is 9.27. The summed E-state index contributed by atoms with van der Waals surface area (Å²) in [6.07, 6.45) is -0.344. The summed E-state index contributed by atoms with van der Waals surface area (Å²) >= 11 is 5.74. The van der Waals surface area contributed by atoms with Crippen LogP contribution in [0.15, 0.2) is 18.2 Å². The van der Waals surface area contributed by atoms with Crippen molar-refractivity contribution < 1.29 is 36.4 Å². The predicted molar refractivity (Wildman–Crippen MR) is 110 cm³/mol. The topological polar surface area (TPSA) is 122 Å². The van der Waals surface area contributed by atoms with Crippen LogP contribution in [0.2, 0.25) is 5.02 Å². The number of hydrogen-bond acceptors (Lipinski definition) is 7. The third kappa shape index (κ3) is 7.30. The lowest BCUT2D eigenvalue weighted by Crippen LogP contribution is -2.47. The smallest absolute Gasteiger partial charge is 0.411 e. The molecule has 9 nitrogen and oxygen atoms in total. The molecule has 1 fully saturated rings. The average Bonchev–Trinajstić information content (AvgIpc) is 2.98. The molecule has 0 aliphatic carbocycles. The Kier molecular flexibility index (Phi) is 7.57. The van der Waals surface area contributed by atoms with E-state index in [1.165, 1.54) is 18.2 Å². The lowest BCUT2D eigenvalue weighted by atomic mass is 10.0. The first-order valence-electron chi connectivity index (χ1n) is 9.37. The van der Waals surface area contributed by atoms with Crippen molar-refractivity contribution in [2.24, 2.45) is 0 Å². The maximum atomic E-state index is 14.1. The molecule has 31 heavy (non-hydrogen) atoms. The Bertz CT molecular complexity index is 951. The van der Waals surface area contributed by atoms with Gasteiger partial charge in [0.25, 0.3) is 10.1 Å². The van der Waals surface area contributed by atoms with Gasteiger partial charge in [0.05, 0.1) is 24.4 Å². The molecule has 0 bridgehead atoms. The first-order valence-corrected chi connectivity index (χ1v) is 11.6. The van der Waals surface area contributed by atoms with E-state index in [0.29, 0.717) is 0 Å². The maximum Gasteiger partial charge on any atom is 0.411 e. The highest BCUT2D eigenvalue weighted by molar-refractivity contribution is 7.85. The van der Waals surface area contributed by atoms with E-state index in [1.807, 2.05) is 0 Å². The molecule has 0 aromatic heterocycles. The van der Waals surface area contributed by atoms with Crippen LogP contribution in [0.3, 0.4) is 0 Å². The van der Waals surface area contributed by atoms with Crippen LogP contribution in [-0.4, -0.2) is 67.1 Å². The third-order valence-corrected chi connectivity index (χ3v) is 5.21. The van der Waals surface area contributed by atoms with Gasteiger partial charge in [-0.25, -0.2) is 9.18 Å². The molecular weight excluding hydrogens is 455 g/mol. The lowest BCUT2D eigenvalue weighted by molar-refractivity contribution is -0.125. The van der Waals surface area contributed by atoms with Crippen LogP contribution in [0.1, 0.15) is 32.8 Å². The van der Waals surface area contributed by atoms with Crippen LogP contribution >= 0.6 is 11.6 Å². The van der Waals surface area contributed by atoms with Gasteiger partial charge in [0, 0.05) is 18.5 Å². The van der Waals surface area contributed by atoms with Crippen molar-refractivity contribution in [3.8, 4) is 0 Å². The fourth-order valence-electron chi connectivity index (χ4n) is 3.01. The van der Waals surface area contributed by atoms with Gasteiger partial charge in [-0.3, -0.25) is 13.9 Å². The number of aliphatic hydroxyl groups is 1. The summed E-state index contributed by atoms with van der Waals surface area (Å²) in [6.45, 7) is 3.67. The van der Waals surface area contributed by atoms with Crippen LogP contribution in [-0.2, 0) is 30.4 Å². The Hall–Kier alpha value is -1.95. The van der Waals surface area contributed by atoms with Crippen LogP contribution < -0.4 is 5.32 Å². The van der Waals surface area contributed by atoms with Gasteiger partial charge in [-0.2, -0.15) is 8.42 Å². The number of ether oxygens (including phenoxy) is 1. The van der Waals surface area contributed by atoms with Gasteiger partial charge in [-0.05, 0) is 26.8 Å². The van der Waals surface area contributed by atoms with E-state index in [-0.39, 0.29) is 30.1 Å². The first kappa shape index (κ1) is 25.3. The van der Waals surface area contributed by atoms with Crippen molar-refractivity contribution in [2.75, 3.05) is 19.4 Å². The minimum absolute atomic E-state index is 0.102. The number of β-amino-alcohol motifs (C(OH)–C–C–N with tert-alkyl or cyclic N) is 1. The molecule has 2 N–H and O–H groups in total. The van der Waals surface area contributed by atoms with Crippen LogP contribution in [0.4, 0.5) is 9.18 Å². The number of benzene rings is 1. The van der Waals surface area contributed by atoms with Crippen molar-refractivity contribution in [3.05, 3.63) is 34.6 Å². The number of amides is 2. The molecule has 0 radical (unpaired) electrons. The van der Waals surface area contributed by atoms with E-state index < -0.39 is 51.8 Å². The summed E-state index contributed by atoms with van der Waals surface area (Å²) in [7, 11) is -3.86. The number of hydrogen-bond donors (Lipinski definition) is 2. The van der Waals surface area contributed by atoms with Gasteiger partial charge in [-0.15, -0.1) is 0 Å². The van der Waals surface area contributed by atoms with Crippen molar-refractivity contribution >= 4 is 33.7 Å². The van der Waals surface area contributed by atoms with Gasteiger partial charge >= 0.3 is 6.09 Å².